The Labute approximate surface area is 140 Å². The molecule has 0 bridgehead atoms. The molecule has 126 valence electrons. The summed E-state index contributed by atoms with van der Waals surface area (Å²) < 4.78 is 18.3. The third-order valence-electron chi connectivity index (χ3n) is 3.58. The Morgan fingerprint density at radius 2 is 2.04 bits per heavy atom. The number of halogens is 1. The predicted octanol–water partition coefficient (Wildman–Crippen LogP) is 3.09. The van der Waals surface area contributed by atoms with Crippen molar-refractivity contribution < 1.29 is 19.0 Å². The Morgan fingerprint density at radius 3 is 2.75 bits per heavy atom. The van der Waals surface area contributed by atoms with E-state index in [0.717, 1.165) is 0 Å². The van der Waals surface area contributed by atoms with Gasteiger partial charge in [0.1, 0.15) is 11.6 Å². The number of carbonyl (C=O) groups excluding carboxylic acids is 1. The van der Waals surface area contributed by atoms with E-state index in [9.17, 15) is 14.3 Å². The lowest BCUT2D eigenvalue weighted by Gasteiger charge is -2.12. The second-order valence-corrected chi connectivity index (χ2v) is 5.38. The third kappa shape index (κ3) is 4.93. The molecule has 0 aliphatic carbocycles. The van der Waals surface area contributed by atoms with Crippen LogP contribution in [0.15, 0.2) is 54.6 Å². The number of aliphatic hydroxyl groups is 1. The van der Waals surface area contributed by atoms with Gasteiger partial charge in [-0.25, -0.2) is 4.39 Å². The van der Waals surface area contributed by atoms with Gasteiger partial charge < -0.3 is 15.2 Å². The highest BCUT2D eigenvalue weighted by molar-refractivity contribution is 5.94. The molecule has 2 rings (SSSR count). The lowest BCUT2D eigenvalue weighted by atomic mass is 10.1. The maximum Gasteiger partial charge on any atom is 0.244 e. The van der Waals surface area contributed by atoms with Crippen LogP contribution < -0.4 is 10.1 Å². The molecule has 2 aromatic rings. The topological polar surface area (TPSA) is 58.6 Å². The second-order valence-electron chi connectivity index (χ2n) is 5.38. The van der Waals surface area contributed by atoms with E-state index < -0.39 is 6.10 Å². The molecular formula is C19H20FNO3. The number of allylic oxidation sites excluding steroid dienone is 1. The van der Waals surface area contributed by atoms with Gasteiger partial charge in [-0.15, -0.1) is 0 Å². The molecule has 1 amide bonds. The van der Waals surface area contributed by atoms with E-state index in [0.29, 0.717) is 22.4 Å². The zero-order chi connectivity index (χ0) is 17.5. The number of hydrogen-bond donors (Lipinski definition) is 2. The number of ether oxygens (including phenoxy) is 1. The summed E-state index contributed by atoms with van der Waals surface area (Å²) in [4.78, 5) is 12.0. The van der Waals surface area contributed by atoms with Gasteiger partial charge >= 0.3 is 0 Å². The van der Waals surface area contributed by atoms with E-state index >= 15 is 0 Å². The first-order chi connectivity index (χ1) is 11.5. The molecule has 2 N–H and O–H groups in total. The van der Waals surface area contributed by atoms with Crippen molar-refractivity contribution in [2.24, 2.45) is 0 Å². The molecule has 2 aromatic carbocycles. The van der Waals surface area contributed by atoms with Crippen molar-refractivity contribution >= 4 is 11.5 Å². The minimum absolute atomic E-state index is 0.0684. The predicted molar refractivity (Wildman–Crippen MR) is 91.0 cm³/mol. The van der Waals surface area contributed by atoms with Crippen molar-refractivity contribution in [3.8, 4) is 5.75 Å². The number of carbonyl (C=O) groups is 1. The molecule has 5 heteroatoms. The van der Waals surface area contributed by atoms with Crippen molar-refractivity contribution in [3.05, 3.63) is 71.6 Å². The number of aliphatic hydroxyl groups excluding tert-OH is 1. The minimum Gasteiger partial charge on any atom is -0.497 e. The number of rotatable bonds is 6. The lowest BCUT2D eigenvalue weighted by molar-refractivity contribution is -0.116. The highest BCUT2D eigenvalue weighted by Crippen LogP contribution is 2.18. The fourth-order valence-electron chi connectivity index (χ4n) is 2.23. The van der Waals surface area contributed by atoms with Crippen LogP contribution in [0.4, 0.5) is 4.39 Å². The molecule has 0 heterocycles. The summed E-state index contributed by atoms with van der Waals surface area (Å²) in [7, 11) is 1.55. The number of methoxy groups -OCH3 is 1. The van der Waals surface area contributed by atoms with E-state index in [4.69, 9.17) is 4.74 Å². The first-order valence-corrected chi connectivity index (χ1v) is 7.53. The Hall–Kier alpha value is -2.66. The third-order valence-corrected chi connectivity index (χ3v) is 3.58. The molecule has 24 heavy (non-hydrogen) atoms. The molecular weight excluding hydrogens is 309 g/mol. The van der Waals surface area contributed by atoms with Gasteiger partial charge in [0.05, 0.1) is 13.2 Å². The smallest absolute Gasteiger partial charge is 0.244 e. The summed E-state index contributed by atoms with van der Waals surface area (Å²) in [6.07, 6.45) is 0.541. The van der Waals surface area contributed by atoms with E-state index in [1.807, 2.05) is 0 Å². The van der Waals surface area contributed by atoms with Crippen molar-refractivity contribution in [1.29, 1.82) is 0 Å². The van der Waals surface area contributed by atoms with Crippen molar-refractivity contribution in [3.63, 3.8) is 0 Å². The molecule has 0 aromatic heterocycles. The van der Waals surface area contributed by atoms with Crippen LogP contribution in [0.5, 0.6) is 5.75 Å². The van der Waals surface area contributed by atoms with Gasteiger partial charge in [-0.3, -0.25) is 4.79 Å². The van der Waals surface area contributed by atoms with Gasteiger partial charge in [-0.1, -0.05) is 24.3 Å². The highest BCUT2D eigenvalue weighted by Gasteiger charge is 2.10. The molecule has 0 saturated heterocycles. The Balaban J connectivity index is 1.95. The fraction of sp³-hybridized carbons (Fsp3) is 0.211. The van der Waals surface area contributed by atoms with Gasteiger partial charge in [0.2, 0.25) is 5.91 Å². The maximum absolute atomic E-state index is 13.2. The number of hydrogen-bond acceptors (Lipinski definition) is 3. The van der Waals surface area contributed by atoms with E-state index in [1.165, 1.54) is 18.2 Å². The summed E-state index contributed by atoms with van der Waals surface area (Å²) in [6, 6.07) is 13.1. The van der Waals surface area contributed by atoms with Crippen molar-refractivity contribution in [1.82, 2.24) is 5.32 Å². The highest BCUT2D eigenvalue weighted by atomic mass is 19.1. The molecule has 0 radical (unpaired) electrons. The van der Waals surface area contributed by atoms with Crippen molar-refractivity contribution in [2.45, 2.75) is 13.0 Å². The summed E-state index contributed by atoms with van der Waals surface area (Å²) in [6.45, 7) is 1.80. The van der Waals surface area contributed by atoms with Crippen LogP contribution in [-0.2, 0) is 4.79 Å². The van der Waals surface area contributed by atoms with Gasteiger partial charge in [0, 0.05) is 12.6 Å². The molecule has 0 fully saturated rings. The van der Waals surface area contributed by atoms with E-state index in [-0.39, 0.29) is 18.3 Å². The van der Waals surface area contributed by atoms with Gasteiger partial charge in [0.25, 0.3) is 0 Å². The standard InChI is InChI=1S/C19H20FNO3/c1-13(14-5-3-7-16(20)10-14)9-19(23)21-12-18(22)15-6-4-8-17(11-15)24-2/h3-11,18,22H,12H2,1-2H3,(H,21,23)/b13-9-. The molecule has 0 aliphatic rings. The zero-order valence-electron chi connectivity index (χ0n) is 13.6. The van der Waals surface area contributed by atoms with Gasteiger partial charge in [-0.2, -0.15) is 0 Å². The Morgan fingerprint density at radius 1 is 1.29 bits per heavy atom. The monoisotopic (exact) mass is 329 g/mol. The average Bonchev–Trinajstić information content (AvgIpc) is 2.59. The normalized spacial score (nSPS) is 12.6. The van der Waals surface area contributed by atoms with E-state index in [1.54, 1.807) is 50.4 Å². The molecule has 4 nitrogen and oxygen atoms in total. The SMILES string of the molecule is COc1cccc(C(O)CNC(=O)/C=C(/C)c2cccc(F)c2)c1. The molecule has 0 saturated carbocycles. The molecule has 1 atom stereocenters. The second kappa shape index (κ2) is 8.26. The fourth-order valence-corrected chi connectivity index (χ4v) is 2.23. The summed E-state index contributed by atoms with van der Waals surface area (Å²) in [5.41, 5.74) is 1.93. The minimum atomic E-state index is -0.841. The lowest BCUT2D eigenvalue weighted by Crippen LogP contribution is -2.26. The van der Waals surface area contributed by atoms with Crippen LogP contribution in [0, 0.1) is 5.82 Å². The Kier molecular flexibility index (Phi) is 6.09. The summed E-state index contributed by atoms with van der Waals surface area (Å²) in [5.74, 6) is -0.0625. The average molecular weight is 329 g/mol. The molecule has 1 unspecified atom stereocenters. The van der Waals surface area contributed by atoms with Gasteiger partial charge in [0.15, 0.2) is 0 Å². The first-order valence-electron chi connectivity index (χ1n) is 7.53. The summed E-state index contributed by atoms with van der Waals surface area (Å²) in [5, 5.41) is 12.8. The van der Waals surface area contributed by atoms with Crippen LogP contribution in [0.1, 0.15) is 24.2 Å². The number of benzene rings is 2. The van der Waals surface area contributed by atoms with Crippen molar-refractivity contribution in [2.75, 3.05) is 13.7 Å². The van der Waals surface area contributed by atoms with Crippen LogP contribution in [0.25, 0.3) is 5.57 Å². The molecule has 0 spiro atoms. The quantitative estimate of drug-likeness (QED) is 0.801. The number of amides is 1. The summed E-state index contributed by atoms with van der Waals surface area (Å²) >= 11 is 0. The van der Waals surface area contributed by atoms with E-state index in [2.05, 4.69) is 5.32 Å². The van der Waals surface area contributed by atoms with Crippen LogP contribution in [0.3, 0.4) is 0 Å². The van der Waals surface area contributed by atoms with Gasteiger partial charge in [-0.05, 0) is 47.9 Å². The maximum atomic E-state index is 13.2. The van der Waals surface area contributed by atoms with Crippen LogP contribution >= 0.6 is 0 Å². The first kappa shape index (κ1) is 17.7. The Bertz CT molecular complexity index is 743. The molecule has 0 aliphatic heterocycles. The zero-order valence-corrected chi connectivity index (χ0v) is 13.6. The van der Waals surface area contributed by atoms with Crippen LogP contribution in [-0.4, -0.2) is 24.7 Å². The number of nitrogens with one attached hydrogen (secondary N) is 1. The van der Waals surface area contributed by atoms with Crippen LogP contribution in [0.2, 0.25) is 0 Å². The largest absolute Gasteiger partial charge is 0.497 e.